The van der Waals surface area contributed by atoms with Crippen molar-refractivity contribution in [3.05, 3.63) is 62.1 Å². The third kappa shape index (κ3) is 8.71. The maximum absolute atomic E-state index is 7.50. The number of fused-ring (bicyclic) bond motifs is 3. The standard InChI is InChI=1S/C12H8N2.C4H10.2CO.Mo.H2O/c1-3-9-5-6-10-4-2-8-14-12(10)11(9)13-7-1;1-4(2)3;2*1-2;;/h1-8H;4H,1-3H3;;;;1H2. The zero-order chi connectivity index (χ0) is 17.0. The summed E-state index contributed by atoms with van der Waals surface area (Å²) in [7, 11) is 0. The van der Waals surface area contributed by atoms with Gasteiger partial charge < -0.3 is 5.48 Å². The van der Waals surface area contributed by atoms with Crippen LogP contribution in [0.15, 0.2) is 48.8 Å². The van der Waals surface area contributed by atoms with Crippen LogP contribution in [0, 0.1) is 19.2 Å². The summed E-state index contributed by atoms with van der Waals surface area (Å²) in [6, 6.07) is 12.1. The first-order valence-corrected chi connectivity index (χ1v) is 6.68. The summed E-state index contributed by atoms with van der Waals surface area (Å²) >= 11 is 0. The summed E-state index contributed by atoms with van der Waals surface area (Å²) < 4.78 is 15.0. The molecule has 0 saturated carbocycles. The first-order chi connectivity index (χ1) is 10.7. The number of aromatic nitrogens is 2. The first-order valence-electron chi connectivity index (χ1n) is 6.68. The topological polar surface area (TPSA) is 97.1 Å². The van der Waals surface area contributed by atoms with E-state index in [1.54, 1.807) is 12.4 Å². The molecule has 1 aromatic carbocycles. The van der Waals surface area contributed by atoms with E-state index in [1.165, 1.54) is 0 Å². The molecule has 0 bridgehead atoms. The molecule has 6 heteroatoms. The SMILES string of the molecule is CC(C)C.O.[C-]#[O+].[C-]#[O+].[Mo].c1cnc2c(c1)ccc1cccnc12. The van der Waals surface area contributed by atoms with Crippen LogP contribution >= 0.6 is 0 Å². The van der Waals surface area contributed by atoms with Crippen LogP contribution in [0.3, 0.4) is 0 Å². The summed E-state index contributed by atoms with van der Waals surface area (Å²) in [5, 5.41) is 2.28. The summed E-state index contributed by atoms with van der Waals surface area (Å²) in [5.41, 5.74) is 1.95. The van der Waals surface area contributed by atoms with Gasteiger partial charge in [0.05, 0.1) is 11.0 Å². The van der Waals surface area contributed by atoms with Gasteiger partial charge in [0.25, 0.3) is 0 Å². The molecule has 2 heterocycles. The fourth-order valence-electron chi connectivity index (χ4n) is 1.68. The molecule has 0 aliphatic carbocycles. The summed E-state index contributed by atoms with van der Waals surface area (Å²) in [6.45, 7) is 15.5. The van der Waals surface area contributed by atoms with Crippen LogP contribution in [-0.2, 0) is 30.4 Å². The predicted octanol–water partition coefficient (Wildman–Crippen LogP) is 3.54. The Labute approximate surface area is 156 Å². The van der Waals surface area contributed by atoms with E-state index < -0.39 is 0 Å². The second kappa shape index (κ2) is 16.0. The van der Waals surface area contributed by atoms with Crippen molar-refractivity contribution in [2.45, 2.75) is 20.8 Å². The van der Waals surface area contributed by atoms with Crippen LogP contribution in [0.5, 0.6) is 0 Å². The second-order valence-electron chi connectivity index (χ2n) is 4.95. The van der Waals surface area contributed by atoms with Crippen LogP contribution < -0.4 is 0 Å². The van der Waals surface area contributed by atoms with Crippen LogP contribution in [0.1, 0.15) is 20.8 Å². The van der Waals surface area contributed by atoms with Gasteiger partial charge >= 0.3 is 22.6 Å². The number of hydrogen-bond acceptors (Lipinski definition) is 2. The van der Waals surface area contributed by atoms with Crippen molar-refractivity contribution in [2.24, 2.45) is 5.92 Å². The third-order valence-corrected chi connectivity index (χ3v) is 2.34. The molecule has 2 N–H and O–H groups in total. The average molecular weight is 408 g/mol. The van der Waals surface area contributed by atoms with Gasteiger partial charge in [0.1, 0.15) is 0 Å². The Morgan fingerprint density at radius 2 is 1.04 bits per heavy atom. The molecule has 3 rings (SSSR count). The molecular formula is C18H20MoN2O3. The van der Waals surface area contributed by atoms with E-state index in [0.717, 1.165) is 27.7 Å². The Bertz CT molecular complexity index is 679. The van der Waals surface area contributed by atoms with Gasteiger partial charge in [-0.25, -0.2) is 0 Å². The minimum atomic E-state index is 0. The quantitative estimate of drug-likeness (QED) is 0.246. The van der Waals surface area contributed by atoms with Crippen molar-refractivity contribution in [3.8, 4) is 0 Å². The van der Waals surface area contributed by atoms with E-state index in [0.29, 0.717) is 0 Å². The van der Waals surface area contributed by atoms with Gasteiger partial charge in [-0.15, -0.1) is 0 Å². The third-order valence-electron chi connectivity index (χ3n) is 2.34. The molecule has 0 aliphatic rings. The van der Waals surface area contributed by atoms with Crippen molar-refractivity contribution in [3.63, 3.8) is 0 Å². The summed E-state index contributed by atoms with van der Waals surface area (Å²) in [5.74, 6) is 0.833. The van der Waals surface area contributed by atoms with Crippen molar-refractivity contribution in [1.82, 2.24) is 9.97 Å². The van der Waals surface area contributed by atoms with E-state index in [1.807, 2.05) is 12.1 Å². The minimum Gasteiger partial charge on any atom is -0.254 e. The van der Waals surface area contributed by atoms with Crippen molar-refractivity contribution in [1.29, 1.82) is 0 Å². The van der Waals surface area contributed by atoms with Crippen molar-refractivity contribution < 1.29 is 35.8 Å². The molecule has 2 aromatic heterocycles. The zero-order valence-electron chi connectivity index (χ0n) is 13.8. The van der Waals surface area contributed by atoms with E-state index >= 15 is 0 Å². The molecule has 5 nitrogen and oxygen atoms in total. The van der Waals surface area contributed by atoms with Gasteiger partial charge in [0.15, 0.2) is 0 Å². The maximum Gasteiger partial charge on any atom is 0.0964 e. The van der Waals surface area contributed by atoms with Gasteiger partial charge in [-0.05, 0) is 18.1 Å². The van der Waals surface area contributed by atoms with Gasteiger partial charge in [-0.2, -0.15) is 0 Å². The second-order valence-corrected chi connectivity index (χ2v) is 4.95. The van der Waals surface area contributed by atoms with Gasteiger partial charge in [-0.3, -0.25) is 9.97 Å². The van der Waals surface area contributed by atoms with Gasteiger partial charge in [-0.1, -0.05) is 45.0 Å². The molecule has 24 heavy (non-hydrogen) atoms. The Hall–Kier alpha value is -1.83. The molecule has 0 spiro atoms. The van der Waals surface area contributed by atoms with Gasteiger partial charge in [0, 0.05) is 44.2 Å². The first kappa shape index (κ1) is 27.0. The van der Waals surface area contributed by atoms with Crippen LogP contribution in [0.25, 0.3) is 21.8 Å². The Morgan fingerprint density at radius 3 is 1.33 bits per heavy atom. The molecular weight excluding hydrogens is 388 g/mol. The summed E-state index contributed by atoms with van der Waals surface area (Å²) in [4.78, 5) is 8.69. The molecule has 126 valence electrons. The van der Waals surface area contributed by atoms with E-state index in [4.69, 9.17) is 9.30 Å². The Kier molecular flexibility index (Phi) is 18.1. The van der Waals surface area contributed by atoms with E-state index in [2.05, 4.69) is 68.3 Å². The van der Waals surface area contributed by atoms with Crippen molar-refractivity contribution in [2.75, 3.05) is 0 Å². The van der Waals surface area contributed by atoms with E-state index in [-0.39, 0.29) is 26.5 Å². The number of nitrogens with zero attached hydrogens (tertiary/aromatic N) is 2. The Morgan fingerprint density at radius 1 is 0.750 bits per heavy atom. The molecule has 0 radical (unpaired) electrons. The molecule has 0 saturated heterocycles. The van der Waals surface area contributed by atoms with E-state index in [9.17, 15) is 0 Å². The molecule has 0 amide bonds. The maximum atomic E-state index is 7.50. The van der Waals surface area contributed by atoms with Crippen LogP contribution in [-0.4, -0.2) is 15.4 Å². The molecule has 0 fully saturated rings. The monoisotopic (exact) mass is 410 g/mol. The van der Waals surface area contributed by atoms with Crippen LogP contribution in [0.4, 0.5) is 0 Å². The fraction of sp³-hybridized carbons (Fsp3) is 0.222. The average Bonchev–Trinajstić information content (AvgIpc) is 2.58. The van der Waals surface area contributed by atoms with Crippen molar-refractivity contribution >= 4 is 21.8 Å². The molecule has 0 atom stereocenters. The Balaban J connectivity index is -0.000000387. The number of pyridine rings is 2. The predicted molar refractivity (Wildman–Crippen MR) is 89.0 cm³/mol. The normalized spacial score (nSPS) is 8.00. The number of benzene rings is 1. The molecule has 3 aromatic rings. The zero-order valence-corrected chi connectivity index (χ0v) is 15.8. The number of rotatable bonds is 0. The molecule has 0 unspecified atom stereocenters. The van der Waals surface area contributed by atoms with Gasteiger partial charge in [0.2, 0.25) is 0 Å². The summed E-state index contributed by atoms with van der Waals surface area (Å²) in [6.07, 6.45) is 3.60. The number of hydrogen-bond donors (Lipinski definition) is 0. The smallest absolute Gasteiger partial charge is 0.0964 e. The molecule has 0 aliphatic heterocycles. The van der Waals surface area contributed by atoms with Crippen LogP contribution in [0.2, 0.25) is 0 Å². The largest absolute Gasteiger partial charge is 0.254 e. The minimum absolute atomic E-state index is 0. The fourth-order valence-corrected chi connectivity index (χ4v) is 1.68.